The second-order valence-corrected chi connectivity index (χ2v) is 4.55. The Kier molecular flexibility index (Phi) is 5.24. The summed E-state index contributed by atoms with van der Waals surface area (Å²) in [7, 11) is 0. The monoisotopic (exact) mass is 305 g/mol. The van der Waals surface area contributed by atoms with E-state index in [1.54, 1.807) is 6.07 Å². The molecule has 2 rings (SSSR count). The van der Waals surface area contributed by atoms with Gasteiger partial charge in [0.2, 0.25) is 0 Å². The van der Waals surface area contributed by atoms with Crippen LogP contribution in [0.25, 0.3) is 0 Å². The van der Waals surface area contributed by atoms with E-state index in [9.17, 15) is 14.0 Å². The van der Waals surface area contributed by atoms with Crippen molar-refractivity contribution in [1.82, 2.24) is 9.78 Å². The van der Waals surface area contributed by atoms with Crippen LogP contribution < -0.4 is 5.32 Å². The third-order valence-electron chi connectivity index (χ3n) is 2.85. The number of anilines is 1. The van der Waals surface area contributed by atoms with Crippen molar-refractivity contribution in [2.45, 2.75) is 19.8 Å². The number of nitrogens with one attached hydrogen (secondary N) is 1. The molecule has 1 aromatic carbocycles. The minimum Gasteiger partial charge on any atom is -0.448 e. The Morgan fingerprint density at radius 2 is 2.09 bits per heavy atom. The summed E-state index contributed by atoms with van der Waals surface area (Å²) in [6.07, 6.45) is 2.33. The molecule has 0 aliphatic carbocycles. The summed E-state index contributed by atoms with van der Waals surface area (Å²) in [5.41, 5.74) is 0.0447. The van der Waals surface area contributed by atoms with E-state index in [1.165, 1.54) is 30.5 Å². The maximum absolute atomic E-state index is 13.5. The number of unbranched alkanes of at least 4 members (excludes halogenated alkanes) is 1. The van der Waals surface area contributed by atoms with Crippen molar-refractivity contribution >= 4 is 17.7 Å². The maximum Gasteiger partial charge on any atom is 0.434 e. The Balaban J connectivity index is 2.00. The van der Waals surface area contributed by atoms with Gasteiger partial charge < -0.3 is 10.1 Å². The van der Waals surface area contributed by atoms with Gasteiger partial charge in [-0.15, -0.1) is 0 Å². The zero-order valence-electron chi connectivity index (χ0n) is 12.1. The number of hydrogen-bond donors (Lipinski definition) is 1. The van der Waals surface area contributed by atoms with Crippen LogP contribution in [0, 0.1) is 5.82 Å². The van der Waals surface area contributed by atoms with Crippen LogP contribution in [0.2, 0.25) is 0 Å². The molecule has 0 aliphatic rings. The first-order chi connectivity index (χ1) is 10.6. The molecule has 0 radical (unpaired) electrons. The van der Waals surface area contributed by atoms with Crippen molar-refractivity contribution in [3.05, 3.63) is 48.0 Å². The van der Waals surface area contributed by atoms with Crippen LogP contribution in [-0.2, 0) is 4.74 Å². The fourth-order valence-electron chi connectivity index (χ4n) is 1.67. The lowest BCUT2D eigenvalue weighted by Gasteiger charge is -2.04. The average molecular weight is 305 g/mol. The molecular weight excluding hydrogens is 289 g/mol. The summed E-state index contributed by atoms with van der Waals surface area (Å²) in [6.45, 7) is 2.28. The summed E-state index contributed by atoms with van der Waals surface area (Å²) in [4.78, 5) is 23.6. The van der Waals surface area contributed by atoms with Gasteiger partial charge in [-0.3, -0.25) is 4.79 Å². The van der Waals surface area contributed by atoms with Gasteiger partial charge in [-0.05, 0) is 24.6 Å². The summed E-state index contributed by atoms with van der Waals surface area (Å²) in [5, 5.41) is 6.21. The molecule has 0 fully saturated rings. The van der Waals surface area contributed by atoms with E-state index in [0.29, 0.717) is 6.61 Å². The van der Waals surface area contributed by atoms with E-state index in [0.717, 1.165) is 17.5 Å². The standard InChI is InChI=1S/C15H16FN3O3/c1-2-3-10-22-15(21)19-9-8-13(18-19)14(20)17-12-7-5-4-6-11(12)16/h4-9H,2-3,10H2,1H3,(H,17,20). The highest BCUT2D eigenvalue weighted by atomic mass is 19.1. The first-order valence-corrected chi connectivity index (χ1v) is 6.90. The summed E-state index contributed by atoms with van der Waals surface area (Å²) < 4.78 is 19.4. The number of rotatable bonds is 5. The van der Waals surface area contributed by atoms with E-state index in [2.05, 4.69) is 10.4 Å². The number of halogens is 1. The Morgan fingerprint density at radius 1 is 1.32 bits per heavy atom. The molecule has 1 aromatic heterocycles. The number of benzene rings is 1. The Bertz CT molecular complexity index is 670. The molecular formula is C15H16FN3O3. The largest absolute Gasteiger partial charge is 0.448 e. The zero-order chi connectivity index (χ0) is 15.9. The Morgan fingerprint density at radius 3 is 2.82 bits per heavy atom. The summed E-state index contributed by atoms with van der Waals surface area (Å²) in [6, 6.07) is 7.15. The normalized spacial score (nSPS) is 10.3. The molecule has 0 saturated heterocycles. The number of amides is 1. The molecule has 0 bridgehead atoms. The van der Waals surface area contributed by atoms with Crippen LogP contribution in [0.3, 0.4) is 0 Å². The van der Waals surface area contributed by atoms with Crippen LogP contribution in [0.5, 0.6) is 0 Å². The number of hydrogen-bond acceptors (Lipinski definition) is 4. The Labute approximate surface area is 126 Å². The molecule has 0 unspecified atom stereocenters. The minimum atomic E-state index is -0.654. The number of aromatic nitrogens is 2. The van der Waals surface area contributed by atoms with Gasteiger partial charge in [0.1, 0.15) is 5.82 Å². The molecule has 1 N–H and O–H groups in total. The predicted octanol–water partition coefficient (Wildman–Crippen LogP) is 3.06. The third kappa shape index (κ3) is 3.91. The lowest BCUT2D eigenvalue weighted by Crippen LogP contribution is -2.18. The van der Waals surface area contributed by atoms with E-state index in [4.69, 9.17) is 4.74 Å². The van der Waals surface area contributed by atoms with Crippen LogP contribution in [-0.4, -0.2) is 28.4 Å². The number of nitrogens with zero attached hydrogens (tertiary/aromatic N) is 2. The van der Waals surface area contributed by atoms with E-state index < -0.39 is 17.8 Å². The van der Waals surface area contributed by atoms with Gasteiger partial charge in [0.05, 0.1) is 12.3 Å². The van der Waals surface area contributed by atoms with Gasteiger partial charge in [0.15, 0.2) is 5.69 Å². The van der Waals surface area contributed by atoms with Gasteiger partial charge in [0.25, 0.3) is 5.91 Å². The van der Waals surface area contributed by atoms with Gasteiger partial charge >= 0.3 is 6.09 Å². The highest BCUT2D eigenvalue weighted by Crippen LogP contribution is 2.13. The molecule has 7 heteroatoms. The maximum atomic E-state index is 13.5. The van der Waals surface area contributed by atoms with E-state index in [-0.39, 0.29) is 11.4 Å². The lowest BCUT2D eigenvalue weighted by atomic mass is 10.3. The number of carbonyl (C=O) groups excluding carboxylic acids is 2. The van der Waals surface area contributed by atoms with E-state index in [1.807, 2.05) is 6.92 Å². The van der Waals surface area contributed by atoms with E-state index >= 15 is 0 Å². The number of para-hydroxylation sites is 1. The quantitative estimate of drug-likeness (QED) is 0.862. The molecule has 22 heavy (non-hydrogen) atoms. The van der Waals surface area contributed by atoms with Gasteiger partial charge in [0, 0.05) is 6.20 Å². The Hall–Kier alpha value is -2.70. The highest BCUT2D eigenvalue weighted by molar-refractivity contribution is 6.03. The van der Waals surface area contributed by atoms with Crippen molar-refractivity contribution in [3.63, 3.8) is 0 Å². The first-order valence-electron chi connectivity index (χ1n) is 6.90. The molecule has 116 valence electrons. The van der Waals surface area contributed by atoms with Crippen molar-refractivity contribution in [2.24, 2.45) is 0 Å². The second kappa shape index (κ2) is 7.35. The third-order valence-corrected chi connectivity index (χ3v) is 2.85. The molecule has 0 aliphatic heterocycles. The zero-order valence-corrected chi connectivity index (χ0v) is 12.1. The fourth-order valence-corrected chi connectivity index (χ4v) is 1.67. The van der Waals surface area contributed by atoms with Crippen molar-refractivity contribution in [2.75, 3.05) is 11.9 Å². The van der Waals surface area contributed by atoms with Gasteiger partial charge in [-0.2, -0.15) is 9.78 Å². The first kappa shape index (κ1) is 15.7. The predicted molar refractivity (Wildman–Crippen MR) is 78.2 cm³/mol. The van der Waals surface area contributed by atoms with Gasteiger partial charge in [-0.1, -0.05) is 25.5 Å². The lowest BCUT2D eigenvalue weighted by molar-refractivity contribution is 0.102. The molecule has 0 spiro atoms. The van der Waals surface area contributed by atoms with Crippen molar-refractivity contribution < 1.29 is 18.7 Å². The molecule has 2 aromatic rings. The fraction of sp³-hybridized carbons (Fsp3) is 0.267. The van der Waals surface area contributed by atoms with Crippen LogP contribution in [0.1, 0.15) is 30.3 Å². The SMILES string of the molecule is CCCCOC(=O)n1ccc(C(=O)Nc2ccccc2F)n1. The smallest absolute Gasteiger partial charge is 0.434 e. The highest BCUT2D eigenvalue weighted by Gasteiger charge is 2.14. The van der Waals surface area contributed by atoms with Crippen molar-refractivity contribution in [1.29, 1.82) is 0 Å². The number of ether oxygens (including phenoxy) is 1. The number of carbonyl (C=O) groups is 2. The molecule has 0 saturated carbocycles. The van der Waals surface area contributed by atoms with Crippen LogP contribution in [0.15, 0.2) is 36.5 Å². The van der Waals surface area contributed by atoms with Crippen LogP contribution >= 0.6 is 0 Å². The summed E-state index contributed by atoms with van der Waals surface area (Å²) >= 11 is 0. The molecule has 1 amide bonds. The second-order valence-electron chi connectivity index (χ2n) is 4.55. The van der Waals surface area contributed by atoms with Crippen molar-refractivity contribution in [3.8, 4) is 0 Å². The van der Waals surface area contributed by atoms with Gasteiger partial charge in [-0.25, -0.2) is 9.18 Å². The molecule has 1 heterocycles. The minimum absolute atomic E-state index is 0.00399. The topological polar surface area (TPSA) is 73.2 Å². The molecule has 6 nitrogen and oxygen atoms in total. The molecule has 0 atom stereocenters. The average Bonchev–Trinajstić information content (AvgIpc) is 3.00. The summed E-state index contributed by atoms with van der Waals surface area (Å²) in [5.74, 6) is -1.15. The van der Waals surface area contributed by atoms with Crippen LogP contribution in [0.4, 0.5) is 14.9 Å².